The van der Waals surface area contributed by atoms with E-state index in [0.29, 0.717) is 17.9 Å². The first-order valence-corrected chi connectivity index (χ1v) is 9.34. The lowest BCUT2D eigenvalue weighted by atomic mass is 9.89. The number of hydrogen-bond acceptors (Lipinski definition) is 3. The van der Waals surface area contributed by atoms with Gasteiger partial charge in [-0.05, 0) is 68.5 Å². The molecule has 0 saturated heterocycles. The molecule has 7 heteroatoms. The summed E-state index contributed by atoms with van der Waals surface area (Å²) in [6.45, 7) is 5.42. The maximum absolute atomic E-state index is 13.8. The fourth-order valence-electron chi connectivity index (χ4n) is 3.46. The molecule has 0 bridgehead atoms. The molecule has 1 aliphatic heterocycles. The third-order valence-electron chi connectivity index (χ3n) is 4.59. The first-order valence-electron chi connectivity index (χ1n) is 9.34. The molecule has 3 rings (SSSR count). The van der Waals surface area contributed by atoms with Crippen LogP contribution in [-0.2, 0) is 22.1 Å². The van der Waals surface area contributed by atoms with Gasteiger partial charge in [0.05, 0.1) is 17.8 Å². The van der Waals surface area contributed by atoms with Crippen LogP contribution in [0.2, 0.25) is 0 Å². The molecule has 0 aliphatic carbocycles. The molecule has 2 aromatic rings. The predicted molar refractivity (Wildman–Crippen MR) is 102 cm³/mol. The van der Waals surface area contributed by atoms with E-state index >= 15 is 0 Å². The van der Waals surface area contributed by atoms with Crippen LogP contribution in [0.25, 0.3) is 11.1 Å². The molecule has 1 atom stereocenters. The molecule has 2 aromatic carbocycles. The Morgan fingerprint density at radius 2 is 1.90 bits per heavy atom. The number of benzene rings is 2. The lowest BCUT2D eigenvalue weighted by molar-refractivity contribution is -0.163. The van der Waals surface area contributed by atoms with Gasteiger partial charge in [-0.1, -0.05) is 18.2 Å². The van der Waals surface area contributed by atoms with Crippen molar-refractivity contribution in [3.05, 3.63) is 53.1 Å². The fourth-order valence-corrected chi connectivity index (χ4v) is 3.46. The minimum Gasteiger partial charge on any atom is -0.493 e. The van der Waals surface area contributed by atoms with E-state index in [1.54, 1.807) is 39.0 Å². The van der Waals surface area contributed by atoms with Crippen molar-refractivity contribution < 1.29 is 32.5 Å². The number of carbonyl (C=O) groups is 1. The summed E-state index contributed by atoms with van der Waals surface area (Å²) in [5.74, 6) is -0.770. The van der Waals surface area contributed by atoms with Crippen LogP contribution >= 0.6 is 0 Å². The molecular formula is C22H23F3O4. The highest BCUT2D eigenvalue weighted by Crippen LogP contribution is 2.43. The third kappa shape index (κ3) is 4.72. The highest BCUT2D eigenvalue weighted by atomic mass is 19.4. The van der Waals surface area contributed by atoms with Gasteiger partial charge in [0, 0.05) is 5.56 Å². The van der Waals surface area contributed by atoms with E-state index in [9.17, 15) is 23.1 Å². The molecule has 1 aliphatic rings. The standard InChI is InChI=1S/C22H23F3O4/c1-21(2,3)29-19(20(26)27)18-15(7-4-8-16(18)22(23,24)25)13-9-10-17-14(12-13)6-5-11-28-17/h4,7-10,12,19H,5-6,11H2,1-3H3,(H,26,27). The maximum atomic E-state index is 13.8. The van der Waals surface area contributed by atoms with E-state index in [2.05, 4.69) is 0 Å². The summed E-state index contributed by atoms with van der Waals surface area (Å²) >= 11 is 0. The van der Waals surface area contributed by atoms with Crippen molar-refractivity contribution in [2.24, 2.45) is 0 Å². The van der Waals surface area contributed by atoms with Gasteiger partial charge in [-0.15, -0.1) is 0 Å². The molecule has 1 N–H and O–H groups in total. The maximum Gasteiger partial charge on any atom is 0.416 e. The minimum absolute atomic E-state index is 0.185. The van der Waals surface area contributed by atoms with E-state index < -0.39 is 29.4 Å². The van der Waals surface area contributed by atoms with Crippen molar-refractivity contribution in [1.29, 1.82) is 0 Å². The second-order valence-corrected chi connectivity index (χ2v) is 7.99. The van der Waals surface area contributed by atoms with Gasteiger partial charge < -0.3 is 14.6 Å². The Morgan fingerprint density at radius 3 is 2.52 bits per heavy atom. The summed E-state index contributed by atoms with van der Waals surface area (Å²) in [6, 6.07) is 8.81. The summed E-state index contributed by atoms with van der Waals surface area (Å²) in [6.07, 6.45) is -4.93. The number of hydrogen-bond donors (Lipinski definition) is 1. The van der Waals surface area contributed by atoms with Gasteiger partial charge in [-0.2, -0.15) is 13.2 Å². The van der Waals surface area contributed by atoms with Gasteiger partial charge in [0.15, 0.2) is 6.10 Å². The van der Waals surface area contributed by atoms with Gasteiger partial charge in [-0.3, -0.25) is 0 Å². The van der Waals surface area contributed by atoms with Gasteiger partial charge in [0.1, 0.15) is 5.75 Å². The van der Waals surface area contributed by atoms with Crippen LogP contribution in [-0.4, -0.2) is 23.3 Å². The Balaban J connectivity index is 2.23. The highest BCUT2D eigenvalue weighted by molar-refractivity contribution is 5.81. The van der Waals surface area contributed by atoms with Crippen LogP contribution in [0.5, 0.6) is 5.75 Å². The van der Waals surface area contributed by atoms with Crippen LogP contribution in [0.4, 0.5) is 13.2 Å². The summed E-state index contributed by atoms with van der Waals surface area (Å²) < 4.78 is 52.6. The van der Waals surface area contributed by atoms with Crippen molar-refractivity contribution in [2.75, 3.05) is 6.61 Å². The average Bonchev–Trinajstić information content (AvgIpc) is 2.63. The minimum atomic E-state index is -4.72. The predicted octanol–water partition coefficient (Wildman–Crippen LogP) is 5.64. The fraction of sp³-hybridized carbons (Fsp3) is 0.409. The number of fused-ring (bicyclic) bond motifs is 1. The van der Waals surface area contributed by atoms with Gasteiger partial charge in [0.25, 0.3) is 0 Å². The van der Waals surface area contributed by atoms with Crippen molar-refractivity contribution in [2.45, 2.75) is 51.5 Å². The van der Waals surface area contributed by atoms with E-state index in [0.717, 1.165) is 24.5 Å². The number of aryl methyl sites for hydroxylation is 1. The van der Waals surface area contributed by atoms with Crippen LogP contribution in [0.1, 0.15) is 50.0 Å². The van der Waals surface area contributed by atoms with E-state index in [1.165, 1.54) is 12.1 Å². The smallest absolute Gasteiger partial charge is 0.416 e. The highest BCUT2D eigenvalue weighted by Gasteiger charge is 2.40. The second kappa shape index (κ2) is 7.71. The topological polar surface area (TPSA) is 55.8 Å². The molecule has 1 heterocycles. The zero-order chi connectivity index (χ0) is 21.4. The molecule has 0 aromatic heterocycles. The van der Waals surface area contributed by atoms with Gasteiger partial charge >= 0.3 is 12.1 Å². The third-order valence-corrected chi connectivity index (χ3v) is 4.59. The quantitative estimate of drug-likeness (QED) is 0.712. The monoisotopic (exact) mass is 408 g/mol. The normalized spacial score (nSPS) is 15.4. The number of ether oxygens (including phenoxy) is 2. The number of halogens is 3. The van der Waals surface area contributed by atoms with Crippen LogP contribution in [0.3, 0.4) is 0 Å². The van der Waals surface area contributed by atoms with E-state index in [-0.39, 0.29) is 11.1 Å². The molecule has 0 saturated carbocycles. The molecule has 156 valence electrons. The summed E-state index contributed by atoms with van der Waals surface area (Å²) in [4.78, 5) is 12.0. The summed E-state index contributed by atoms with van der Waals surface area (Å²) in [5, 5.41) is 9.73. The van der Waals surface area contributed by atoms with E-state index in [1.807, 2.05) is 0 Å². The lowest BCUT2D eigenvalue weighted by Gasteiger charge is -2.29. The Bertz CT molecular complexity index is 913. The van der Waals surface area contributed by atoms with Crippen molar-refractivity contribution in [1.82, 2.24) is 0 Å². The van der Waals surface area contributed by atoms with E-state index in [4.69, 9.17) is 9.47 Å². The number of carboxylic acids is 1. The Morgan fingerprint density at radius 1 is 1.17 bits per heavy atom. The Hall–Kier alpha value is -2.54. The molecule has 0 fully saturated rings. The van der Waals surface area contributed by atoms with Crippen molar-refractivity contribution in [3.63, 3.8) is 0 Å². The zero-order valence-electron chi connectivity index (χ0n) is 16.5. The number of alkyl halides is 3. The molecule has 0 spiro atoms. The SMILES string of the molecule is CC(C)(C)OC(C(=O)O)c1c(-c2ccc3c(c2)CCCO3)cccc1C(F)(F)F. The lowest BCUT2D eigenvalue weighted by Crippen LogP contribution is -2.29. The first kappa shape index (κ1) is 21.2. The van der Waals surface area contributed by atoms with Crippen LogP contribution < -0.4 is 4.74 Å². The van der Waals surface area contributed by atoms with Crippen LogP contribution in [0.15, 0.2) is 36.4 Å². The summed E-state index contributed by atoms with van der Waals surface area (Å²) in [7, 11) is 0. The Kier molecular flexibility index (Phi) is 5.63. The largest absolute Gasteiger partial charge is 0.493 e. The number of carboxylic acid groups (broad SMARTS) is 1. The Labute approximate surface area is 167 Å². The molecule has 29 heavy (non-hydrogen) atoms. The number of rotatable bonds is 4. The second-order valence-electron chi connectivity index (χ2n) is 7.99. The zero-order valence-corrected chi connectivity index (χ0v) is 16.5. The van der Waals surface area contributed by atoms with Crippen molar-refractivity contribution >= 4 is 5.97 Å². The average molecular weight is 408 g/mol. The molecule has 0 radical (unpaired) electrons. The van der Waals surface area contributed by atoms with Crippen LogP contribution in [0, 0.1) is 0 Å². The summed E-state index contributed by atoms with van der Waals surface area (Å²) in [5.41, 5.74) is -0.785. The molecule has 1 unspecified atom stereocenters. The van der Waals surface area contributed by atoms with Crippen molar-refractivity contribution in [3.8, 4) is 16.9 Å². The molecular weight excluding hydrogens is 385 g/mol. The first-order chi connectivity index (χ1) is 13.5. The van der Waals surface area contributed by atoms with Gasteiger partial charge in [-0.25, -0.2) is 4.79 Å². The number of aliphatic carboxylic acids is 1. The van der Waals surface area contributed by atoms with Gasteiger partial charge in [0.2, 0.25) is 0 Å². The molecule has 4 nitrogen and oxygen atoms in total. The molecule has 0 amide bonds.